The number of carboxylic acid groups (broad SMARTS) is 2. The quantitative estimate of drug-likeness (QED) is 0.589. The van der Waals surface area contributed by atoms with Gasteiger partial charge in [-0.05, 0) is 55.6 Å². The highest BCUT2D eigenvalue weighted by Crippen LogP contribution is 2.20. The van der Waals surface area contributed by atoms with E-state index in [0.29, 0.717) is 6.54 Å². The van der Waals surface area contributed by atoms with Crippen LogP contribution in [-0.4, -0.2) is 52.6 Å². The lowest BCUT2D eigenvalue weighted by Gasteiger charge is -2.31. The van der Waals surface area contributed by atoms with Gasteiger partial charge in [0.15, 0.2) is 0 Å². The highest BCUT2D eigenvalue weighted by Gasteiger charge is 2.24. The number of carbonyl (C=O) groups is 3. The van der Waals surface area contributed by atoms with Gasteiger partial charge in [-0.2, -0.15) is 0 Å². The zero-order chi connectivity index (χ0) is 22.6. The highest BCUT2D eigenvalue weighted by molar-refractivity contribution is 6.30. The average Bonchev–Trinajstić information content (AvgIpc) is 2.75. The molecule has 31 heavy (non-hydrogen) atoms. The molecule has 0 spiro atoms. The molecule has 3 N–H and O–H groups in total. The number of carbonyl (C=O) groups excluding carboxylic acids is 1. The largest absolute Gasteiger partial charge is 0.473 e. The fourth-order valence-electron chi connectivity index (χ4n) is 3.37. The molecule has 0 unspecified atom stereocenters. The Morgan fingerprint density at radius 1 is 0.935 bits per heavy atom. The summed E-state index contributed by atoms with van der Waals surface area (Å²) in [5, 5.41) is 18.7. The third kappa shape index (κ3) is 9.19. The molecule has 0 saturated carbocycles. The van der Waals surface area contributed by atoms with E-state index in [1.807, 2.05) is 36.4 Å². The number of amides is 1. The molecule has 2 aromatic rings. The number of likely N-dealkylation sites (tertiary alicyclic amines) is 1. The smallest absolute Gasteiger partial charge is 0.414 e. The molecule has 1 aliphatic heterocycles. The van der Waals surface area contributed by atoms with E-state index in [9.17, 15) is 4.79 Å². The molecule has 1 amide bonds. The van der Waals surface area contributed by atoms with Gasteiger partial charge in [-0.15, -0.1) is 0 Å². The molecule has 0 aliphatic carbocycles. The Balaban J connectivity index is 0.000000501. The second-order valence-electron chi connectivity index (χ2n) is 7.32. The van der Waals surface area contributed by atoms with Crippen molar-refractivity contribution in [3.63, 3.8) is 0 Å². The third-order valence-corrected chi connectivity index (χ3v) is 5.23. The number of hydrogen-bond acceptors (Lipinski definition) is 4. The lowest BCUT2D eigenvalue weighted by atomic mass is 9.95. The molecule has 8 heteroatoms. The predicted octanol–water partition coefficient (Wildman–Crippen LogP) is 3.07. The third-order valence-electron chi connectivity index (χ3n) is 4.99. The number of halogens is 1. The molecule has 3 rings (SSSR count). The summed E-state index contributed by atoms with van der Waals surface area (Å²) in [6.45, 7) is 3.54. The summed E-state index contributed by atoms with van der Waals surface area (Å²) in [5.74, 6) is -3.30. The Bertz CT molecular complexity index is 855. The van der Waals surface area contributed by atoms with Crippen molar-refractivity contribution in [3.05, 3.63) is 70.7 Å². The van der Waals surface area contributed by atoms with E-state index in [1.165, 1.54) is 11.1 Å². The van der Waals surface area contributed by atoms with Crippen molar-refractivity contribution >= 4 is 29.4 Å². The summed E-state index contributed by atoms with van der Waals surface area (Å²) in [5.41, 5.74) is 2.50. The van der Waals surface area contributed by atoms with Crippen molar-refractivity contribution in [2.75, 3.05) is 19.6 Å². The summed E-state index contributed by atoms with van der Waals surface area (Å²) >= 11 is 6.05. The minimum atomic E-state index is -1.82. The van der Waals surface area contributed by atoms with Crippen LogP contribution in [0.1, 0.15) is 24.0 Å². The minimum Gasteiger partial charge on any atom is -0.473 e. The van der Waals surface area contributed by atoms with E-state index in [1.54, 1.807) is 0 Å². The first-order chi connectivity index (χ1) is 14.8. The average molecular weight is 447 g/mol. The van der Waals surface area contributed by atoms with Crippen LogP contribution in [0.5, 0.6) is 0 Å². The Labute approximate surface area is 186 Å². The van der Waals surface area contributed by atoms with Gasteiger partial charge >= 0.3 is 11.9 Å². The molecule has 1 heterocycles. The molecule has 0 radical (unpaired) electrons. The lowest BCUT2D eigenvalue weighted by molar-refractivity contribution is -0.159. The van der Waals surface area contributed by atoms with Crippen LogP contribution in [0.4, 0.5) is 0 Å². The first kappa shape index (κ1) is 24.4. The molecule has 1 saturated heterocycles. The topological polar surface area (TPSA) is 107 Å². The van der Waals surface area contributed by atoms with Crippen LogP contribution in [-0.2, 0) is 27.3 Å². The number of benzene rings is 2. The molecule has 7 nitrogen and oxygen atoms in total. The van der Waals surface area contributed by atoms with Gasteiger partial charge in [0.05, 0.1) is 0 Å². The summed E-state index contributed by atoms with van der Waals surface area (Å²) in [6.07, 6.45) is 2.75. The Morgan fingerprint density at radius 3 is 2.13 bits per heavy atom. The van der Waals surface area contributed by atoms with Gasteiger partial charge in [-0.3, -0.25) is 9.69 Å². The number of hydrogen-bond donors (Lipinski definition) is 3. The van der Waals surface area contributed by atoms with Crippen molar-refractivity contribution in [3.8, 4) is 0 Å². The summed E-state index contributed by atoms with van der Waals surface area (Å²) < 4.78 is 0. The molecule has 0 atom stereocenters. The minimum absolute atomic E-state index is 0.145. The van der Waals surface area contributed by atoms with Crippen molar-refractivity contribution in [2.24, 2.45) is 5.92 Å². The summed E-state index contributed by atoms with van der Waals surface area (Å²) in [7, 11) is 0. The number of carboxylic acids is 2. The number of piperidine rings is 1. The Morgan fingerprint density at radius 2 is 1.55 bits per heavy atom. The van der Waals surface area contributed by atoms with E-state index < -0.39 is 11.9 Å². The summed E-state index contributed by atoms with van der Waals surface area (Å²) in [6, 6.07) is 18.3. The van der Waals surface area contributed by atoms with Gasteiger partial charge in [-0.25, -0.2) is 9.59 Å². The van der Waals surface area contributed by atoms with Crippen LogP contribution in [0.25, 0.3) is 0 Å². The van der Waals surface area contributed by atoms with Crippen molar-refractivity contribution in [2.45, 2.75) is 25.8 Å². The second kappa shape index (κ2) is 12.7. The van der Waals surface area contributed by atoms with Gasteiger partial charge in [0.2, 0.25) is 5.91 Å². The number of rotatable bonds is 6. The van der Waals surface area contributed by atoms with Gasteiger partial charge in [-0.1, -0.05) is 54.1 Å². The monoisotopic (exact) mass is 446 g/mol. The SMILES string of the molecule is O=C(NCCc1ccccc1)C1CCN(Cc2cccc(Cl)c2)CC1.O=C(O)C(=O)O. The van der Waals surface area contributed by atoms with E-state index >= 15 is 0 Å². The fourth-order valence-corrected chi connectivity index (χ4v) is 3.58. The van der Waals surface area contributed by atoms with Crippen LogP contribution in [0, 0.1) is 5.92 Å². The van der Waals surface area contributed by atoms with Gasteiger partial charge in [0, 0.05) is 24.0 Å². The number of nitrogens with zero attached hydrogens (tertiary/aromatic N) is 1. The van der Waals surface area contributed by atoms with Crippen LogP contribution in [0.2, 0.25) is 5.02 Å². The van der Waals surface area contributed by atoms with E-state index in [0.717, 1.165) is 43.9 Å². The molecular weight excluding hydrogens is 420 g/mol. The van der Waals surface area contributed by atoms with E-state index in [2.05, 4.69) is 28.4 Å². The van der Waals surface area contributed by atoms with E-state index in [4.69, 9.17) is 31.4 Å². The number of nitrogens with one attached hydrogen (secondary N) is 1. The first-order valence-corrected chi connectivity index (χ1v) is 10.5. The second-order valence-corrected chi connectivity index (χ2v) is 7.75. The number of aliphatic carboxylic acids is 2. The molecule has 0 bridgehead atoms. The van der Waals surface area contributed by atoms with Crippen molar-refractivity contribution in [1.29, 1.82) is 0 Å². The Kier molecular flexibility index (Phi) is 10.00. The van der Waals surface area contributed by atoms with Crippen molar-refractivity contribution < 1.29 is 24.6 Å². The fraction of sp³-hybridized carbons (Fsp3) is 0.348. The van der Waals surface area contributed by atoms with Crippen LogP contribution >= 0.6 is 11.6 Å². The summed E-state index contributed by atoms with van der Waals surface area (Å²) in [4.78, 5) is 33.0. The normalized spacial score (nSPS) is 14.2. The Hall–Kier alpha value is -2.90. The van der Waals surface area contributed by atoms with Gasteiger partial charge in [0.25, 0.3) is 0 Å². The zero-order valence-electron chi connectivity index (χ0n) is 17.2. The first-order valence-electron chi connectivity index (χ1n) is 10.1. The molecule has 166 valence electrons. The highest BCUT2D eigenvalue weighted by atomic mass is 35.5. The predicted molar refractivity (Wildman–Crippen MR) is 118 cm³/mol. The molecule has 1 fully saturated rings. The van der Waals surface area contributed by atoms with Crippen LogP contribution < -0.4 is 5.32 Å². The molecule has 1 aliphatic rings. The molecule has 2 aromatic carbocycles. The van der Waals surface area contributed by atoms with Crippen LogP contribution in [0.15, 0.2) is 54.6 Å². The zero-order valence-corrected chi connectivity index (χ0v) is 17.9. The standard InChI is InChI=1S/C21H25ClN2O.C2H2O4/c22-20-8-4-7-18(15-20)16-24-13-10-19(11-14-24)21(25)23-12-9-17-5-2-1-3-6-17;3-1(4)2(5)6/h1-8,15,19H,9-14,16H2,(H,23,25);(H,3,4)(H,5,6). The van der Waals surface area contributed by atoms with Crippen LogP contribution in [0.3, 0.4) is 0 Å². The van der Waals surface area contributed by atoms with E-state index in [-0.39, 0.29) is 11.8 Å². The molecular formula is C23H27ClN2O5. The van der Waals surface area contributed by atoms with Gasteiger partial charge < -0.3 is 15.5 Å². The molecule has 0 aromatic heterocycles. The van der Waals surface area contributed by atoms with Crippen molar-refractivity contribution in [1.82, 2.24) is 10.2 Å². The maximum atomic E-state index is 12.4. The maximum absolute atomic E-state index is 12.4. The lowest BCUT2D eigenvalue weighted by Crippen LogP contribution is -2.40. The van der Waals surface area contributed by atoms with Gasteiger partial charge in [0.1, 0.15) is 0 Å². The maximum Gasteiger partial charge on any atom is 0.414 e.